The summed E-state index contributed by atoms with van der Waals surface area (Å²) in [6.45, 7) is 1.43. The highest BCUT2D eigenvalue weighted by Gasteiger charge is 2.24. The highest BCUT2D eigenvalue weighted by atomic mass is 35.5. The Bertz CT molecular complexity index is 575. The molecular formula is C14H18ClN3OS2. The van der Waals surface area contributed by atoms with Crippen molar-refractivity contribution in [1.29, 1.82) is 0 Å². The largest absolute Gasteiger partial charge is 0.383 e. The molecule has 1 N–H and O–H groups in total. The van der Waals surface area contributed by atoms with Crippen LogP contribution in [0.4, 0.5) is 0 Å². The number of methoxy groups -OCH3 is 1. The monoisotopic (exact) mass is 343 g/mol. The van der Waals surface area contributed by atoms with Gasteiger partial charge >= 0.3 is 0 Å². The van der Waals surface area contributed by atoms with E-state index in [9.17, 15) is 0 Å². The van der Waals surface area contributed by atoms with Gasteiger partial charge in [-0.05, 0) is 25.7 Å². The number of nitrogens with zero attached hydrogens (tertiary/aromatic N) is 2. The molecule has 2 heterocycles. The average Bonchev–Trinajstić information content (AvgIpc) is 3.09. The van der Waals surface area contributed by atoms with Crippen molar-refractivity contribution < 1.29 is 4.74 Å². The Balaban J connectivity index is 1.85. The minimum Gasteiger partial charge on any atom is -0.383 e. The summed E-state index contributed by atoms with van der Waals surface area (Å²) in [6.07, 6.45) is 6.51. The van der Waals surface area contributed by atoms with Crippen LogP contribution in [-0.2, 0) is 17.6 Å². The summed E-state index contributed by atoms with van der Waals surface area (Å²) in [7, 11) is 1.71. The maximum Gasteiger partial charge on any atom is 0.118 e. The third-order valence-electron chi connectivity index (χ3n) is 3.51. The number of hydrogen-bond donors (Lipinski definition) is 1. The lowest BCUT2D eigenvalue weighted by Gasteiger charge is -2.13. The minimum absolute atomic E-state index is 0.0215. The maximum absolute atomic E-state index is 6.04. The van der Waals surface area contributed by atoms with E-state index in [0.717, 1.165) is 29.4 Å². The number of halogens is 1. The molecule has 0 aliphatic heterocycles. The molecule has 0 fully saturated rings. The molecule has 21 heavy (non-hydrogen) atoms. The van der Waals surface area contributed by atoms with Gasteiger partial charge in [0, 0.05) is 18.5 Å². The first kappa shape index (κ1) is 15.4. The standard InChI is InChI=1S/C14H18ClN3OS2/c1-19-7-6-16-12(13-17-8-11(15)21-13)14-18-9-4-2-3-5-10(9)20-14/h8,12,16H,2-7H2,1H3. The molecule has 0 amide bonds. The van der Waals surface area contributed by atoms with Crippen LogP contribution >= 0.6 is 34.3 Å². The van der Waals surface area contributed by atoms with Crippen molar-refractivity contribution in [2.45, 2.75) is 31.7 Å². The van der Waals surface area contributed by atoms with E-state index >= 15 is 0 Å². The van der Waals surface area contributed by atoms with Crippen molar-refractivity contribution in [3.8, 4) is 0 Å². The Morgan fingerprint density at radius 2 is 2.19 bits per heavy atom. The van der Waals surface area contributed by atoms with E-state index in [-0.39, 0.29) is 6.04 Å². The highest BCUT2D eigenvalue weighted by Crippen LogP contribution is 2.34. The molecule has 1 atom stereocenters. The van der Waals surface area contributed by atoms with Crippen LogP contribution < -0.4 is 5.32 Å². The van der Waals surface area contributed by atoms with Crippen LogP contribution in [0.5, 0.6) is 0 Å². The predicted octanol–water partition coefficient (Wildman–Crippen LogP) is 3.46. The second-order valence-corrected chi connectivity index (χ2v) is 7.82. The summed E-state index contributed by atoms with van der Waals surface area (Å²) in [6, 6.07) is 0.0215. The lowest BCUT2D eigenvalue weighted by atomic mass is 10.0. The van der Waals surface area contributed by atoms with E-state index in [1.165, 1.54) is 34.7 Å². The molecule has 0 bridgehead atoms. The van der Waals surface area contributed by atoms with E-state index in [4.69, 9.17) is 21.3 Å². The van der Waals surface area contributed by atoms with E-state index in [2.05, 4.69) is 10.3 Å². The zero-order valence-corrected chi connectivity index (χ0v) is 14.3. The first-order chi connectivity index (χ1) is 10.3. The van der Waals surface area contributed by atoms with E-state index in [1.807, 2.05) is 11.3 Å². The van der Waals surface area contributed by atoms with Gasteiger partial charge in [-0.1, -0.05) is 11.6 Å². The van der Waals surface area contributed by atoms with Crippen molar-refractivity contribution in [3.05, 3.63) is 31.1 Å². The fourth-order valence-electron chi connectivity index (χ4n) is 2.48. The van der Waals surface area contributed by atoms with Crippen molar-refractivity contribution >= 4 is 34.3 Å². The summed E-state index contributed by atoms with van der Waals surface area (Å²) in [5.74, 6) is 0. The summed E-state index contributed by atoms with van der Waals surface area (Å²) >= 11 is 9.37. The maximum atomic E-state index is 6.04. The van der Waals surface area contributed by atoms with Gasteiger partial charge in [0.2, 0.25) is 0 Å². The number of ether oxygens (including phenoxy) is 1. The zero-order valence-electron chi connectivity index (χ0n) is 11.9. The first-order valence-corrected chi connectivity index (χ1v) is 9.11. The summed E-state index contributed by atoms with van der Waals surface area (Å²) in [5.41, 5.74) is 1.28. The van der Waals surface area contributed by atoms with Crippen molar-refractivity contribution in [1.82, 2.24) is 15.3 Å². The molecule has 1 unspecified atom stereocenters. The van der Waals surface area contributed by atoms with E-state index in [0.29, 0.717) is 10.9 Å². The van der Waals surface area contributed by atoms with Crippen LogP contribution in [0.2, 0.25) is 4.34 Å². The topological polar surface area (TPSA) is 47.0 Å². The van der Waals surface area contributed by atoms with Crippen LogP contribution in [0.25, 0.3) is 0 Å². The van der Waals surface area contributed by atoms with Gasteiger partial charge in [-0.2, -0.15) is 0 Å². The van der Waals surface area contributed by atoms with Crippen molar-refractivity contribution in [2.75, 3.05) is 20.3 Å². The van der Waals surface area contributed by atoms with Crippen LogP contribution in [0, 0.1) is 0 Å². The number of rotatable bonds is 6. The molecule has 2 aromatic heterocycles. The molecule has 4 nitrogen and oxygen atoms in total. The fourth-order valence-corrected chi connectivity index (χ4v) is 4.80. The second kappa shape index (κ2) is 7.15. The Kier molecular flexibility index (Phi) is 5.24. The van der Waals surface area contributed by atoms with Gasteiger partial charge in [-0.15, -0.1) is 22.7 Å². The number of aromatic nitrogens is 2. The molecule has 0 saturated carbocycles. The van der Waals surface area contributed by atoms with Crippen molar-refractivity contribution in [3.63, 3.8) is 0 Å². The SMILES string of the molecule is COCCNC(c1ncc(Cl)s1)c1nc2c(s1)CCCC2. The van der Waals surface area contributed by atoms with Gasteiger partial charge in [0.25, 0.3) is 0 Å². The lowest BCUT2D eigenvalue weighted by Crippen LogP contribution is -2.25. The zero-order chi connectivity index (χ0) is 14.7. The Morgan fingerprint density at radius 1 is 1.33 bits per heavy atom. The van der Waals surface area contributed by atoms with Gasteiger partial charge < -0.3 is 4.74 Å². The van der Waals surface area contributed by atoms with Gasteiger partial charge in [-0.25, -0.2) is 9.97 Å². The molecule has 2 aromatic rings. The quantitative estimate of drug-likeness (QED) is 0.816. The Hall–Kier alpha value is -0.530. The van der Waals surface area contributed by atoms with E-state index in [1.54, 1.807) is 13.3 Å². The van der Waals surface area contributed by atoms with Crippen LogP contribution in [0.3, 0.4) is 0 Å². The summed E-state index contributed by atoms with van der Waals surface area (Å²) < 4.78 is 5.84. The summed E-state index contributed by atoms with van der Waals surface area (Å²) in [5, 5.41) is 5.56. The number of aryl methyl sites for hydroxylation is 2. The Morgan fingerprint density at radius 3 is 2.90 bits per heavy atom. The lowest BCUT2D eigenvalue weighted by molar-refractivity contribution is 0.197. The smallest absolute Gasteiger partial charge is 0.118 e. The van der Waals surface area contributed by atoms with Crippen molar-refractivity contribution in [2.24, 2.45) is 0 Å². The second-order valence-electron chi connectivity index (χ2n) is 5.01. The molecule has 0 spiro atoms. The third-order valence-corrected chi connectivity index (χ3v) is 5.91. The van der Waals surface area contributed by atoms with Gasteiger partial charge in [-0.3, -0.25) is 5.32 Å². The Labute approximate surface area is 137 Å². The number of hydrogen-bond acceptors (Lipinski definition) is 6. The third kappa shape index (κ3) is 3.63. The van der Waals surface area contributed by atoms with Gasteiger partial charge in [0.15, 0.2) is 0 Å². The molecule has 1 aliphatic rings. The summed E-state index contributed by atoms with van der Waals surface area (Å²) in [4.78, 5) is 10.7. The van der Waals surface area contributed by atoms with Crippen LogP contribution in [0.15, 0.2) is 6.20 Å². The molecule has 114 valence electrons. The van der Waals surface area contributed by atoms with E-state index < -0.39 is 0 Å². The number of fused-ring (bicyclic) bond motifs is 1. The highest BCUT2D eigenvalue weighted by molar-refractivity contribution is 7.16. The van der Waals surface area contributed by atoms with Gasteiger partial charge in [0.05, 0.1) is 18.5 Å². The molecule has 0 aromatic carbocycles. The molecule has 1 aliphatic carbocycles. The van der Waals surface area contributed by atoms with Crippen LogP contribution in [-0.4, -0.2) is 30.2 Å². The number of nitrogens with one attached hydrogen (secondary N) is 1. The fraction of sp³-hybridized carbons (Fsp3) is 0.571. The average molecular weight is 344 g/mol. The normalized spacial score (nSPS) is 15.9. The number of thiazole rings is 2. The first-order valence-electron chi connectivity index (χ1n) is 7.10. The molecular weight excluding hydrogens is 326 g/mol. The molecule has 0 radical (unpaired) electrons. The molecule has 7 heteroatoms. The molecule has 0 saturated heterocycles. The predicted molar refractivity (Wildman–Crippen MR) is 87.6 cm³/mol. The van der Waals surface area contributed by atoms with Gasteiger partial charge in [0.1, 0.15) is 20.4 Å². The molecule has 3 rings (SSSR count). The minimum atomic E-state index is 0.0215. The van der Waals surface area contributed by atoms with Crippen LogP contribution in [0.1, 0.15) is 39.5 Å².